The quantitative estimate of drug-likeness (QED) is 0.856. The van der Waals surface area contributed by atoms with Crippen LogP contribution in [-0.4, -0.2) is 50.3 Å². The largest absolute Gasteiger partial charge is 0.335 e. The van der Waals surface area contributed by atoms with Crippen LogP contribution in [0.25, 0.3) is 0 Å². The second-order valence-corrected chi connectivity index (χ2v) is 6.46. The number of carbonyl (C=O) groups excluding carboxylic acids is 2. The molecule has 132 valence electrons. The molecule has 2 aromatic rings. The number of nitrogens with zero attached hydrogens (tertiary/aromatic N) is 4. The van der Waals surface area contributed by atoms with Crippen LogP contribution in [0.4, 0.5) is 0 Å². The average Bonchev–Trinajstić information content (AvgIpc) is 2.99. The van der Waals surface area contributed by atoms with Gasteiger partial charge in [0.25, 0.3) is 5.91 Å². The van der Waals surface area contributed by atoms with Crippen LogP contribution in [0.1, 0.15) is 35.8 Å². The fourth-order valence-electron chi connectivity index (χ4n) is 3.28. The number of aromatic nitrogens is 2. The Morgan fingerprint density at radius 3 is 2.68 bits per heavy atom. The van der Waals surface area contributed by atoms with E-state index in [0.29, 0.717) is 31.7 Å². The number of aryl methyl sites for hydroxylation is 1. The summed E-state index contributed by atoms with van der Waals surface area (Å²) in [5.74, 6) is 0.0452. The number of hydrogen-bond acceptors (Lipinski definition) is 3. The molecule has 0 spiro atoms. The van der Waals surface area contributed by atoms with Gasteiger partial charge in [-0.3, -0.25) is 9.59 Å². The number of rotatable bonds is 4. The van der Waals surface area contributed by atoms with E-state index in [-0.39, 0.29) is 17.9 Å². The Balaban J connectivity index is 1.79. The van der Waals surface area contributed by atoms with Gasteiger partial charge in [-0.05, 0) is 12.0 Å². The summed E-state index contributed by atoms with van der Waals surface area (Å²) in [7, 11) is 1.81. The minimum absolute atomic E-state index is 0.0207. The lowest BCUT2D eigenvalue weighted by Crippen LogP contribution is -2.44. The zero-order valence-corrected chi connectivity index (χ0v) is 14.8. The molecule has 1 saturated heterocycles. The minimum Gasteiger partial charge on any atom is -0.335 e. The van der Waals surface area contributed by atoms with Gasteiger partial charge >= 0.3 is 0 Å². The Hall–Kier alpha value is -2.63. The second kappa shape index (κ2) is 7.51. The van der Waals surface area contributed by atoms with Crippen molar-refractivity contribution in [3.8, 4) is 0 Å². The lowest BCUT2D eigenvalue weighted by Gasteiger charge is -2.31. The number of carbonyl (C=O) groups is 2. The fourth-order valence-corrected chi connectivity index (χ4v) is 3.28. The maximum atomic E-state index is 12.8. The molecule has 0 N–H and O–H groups in total. The van der Waals surface area contributed by atoms with Gasteiger partial charge in [-0.2, -0.15) is 0 Å². The Bertz CT molecular complexity index is 741. The molecule has 2 heterocycles. The van der Waals surface area contributed by atoms with Gasteiger partial charge in [-0.1, -0.05) is 37.3 Å². The van der Waals surface area contributed by atoms with Crippen LogP contribution in [0.2, 0.25) is 0 Å². The van der Waals surface area contributed by atoms with Crippen molar-refractivity contribution in [2.45, 2.75) is 32.4 Å². The highest BCUT2D eigenvalue weighted by atomic mass is 16.2. The summed E-state index contributed by atoms with van der Waals surface area (Å²) in [5, 5.41) is 0. The van der Waals surface area contributed by atoms with E-state index in [1.54, 1.807) is 22.0 Å². The lowest BCUT2D eigenvalue weighted by molar-refractivity contribution is -0.133. The van der Waals surface area contributed by atoms with E-state index in [9.17, 15) is 9.59 Å². The van der Waals surface area contributed by atoms with Crippen molar-refractivity contribution in [2.24, 2.45) is 7.05 Å². The molecule has 0 radical (unpaired) electrons. The monoisotopic (exact) mass is 340 g/mol. The molecule has 1 aromatic carbocycles. The van der Waals surface area contributed by atoms with Crippen LogP contribution in [0.5, 0.6) is 0 Å². The van der Waals surface area contributed by atoms with E-state index in [4.69, 9.17) is 0 Å². The summed E-state index contributed by atoms with van der Waals surface area (Å²) in [6, 6.07) is 10.0. The van der Waals surface area contributed by atoms with Crippen LogP contribution in [0.15, 0.2) is 42.9 Å². The molecule has 1 atom stereocenters. The predicted molar refractivity (Wildman–Crippen MR) is 94.8 cm³/mol. The maximum Gasteiger partial charge on any atom is 0.272 e. The third kappa shape index (κ3) is 3.73. The van der Waals surface area contributed by atoms with Crippen LogP contribution in [-0.2, 0) is 18.4 Å². The molecule has 6 heteroatoms. The first kappa shape index (κ1) is 17.2. The zero-order chi connectivity index (χ0) is 17.8. The molecule has 2 amide bonds. The van der Waals surface area contributed by atoms with Gasteiger partial charge in [0, 0.05) is 39.1 Å². The number of imidazole rings is 1. The SMILES string of the molecule is CC[C@H]1CN(C(=O)c2cncn2C)CCC(=O)N1Cc1ccccc1. The number of amides is 2. The van der Waals surface area contributed by atoms with Gasteiger partial charge in [0.2, 0.25) is 5.91 Å². The normalized spacial score (nSPS) is 18.3. The van der Waals surface area contributed by atoms with E-state index in [2.05, 4.69) is 11.9 Å². The van der Waals surface area contributed by atoms with Gasteiger partial charge in [0.05, 0.1) is 12.5 Å². The standard InChI is InChI=1S/C19H24N4O2/c1-3-16-13-22(19(25)17-11-20-14-21(17)2)10-9-18(24)23(16)12-15-7-5-4-6-8-15/h4-8,11,14,16H,3,9-10,12-13H2,1-2H3/t16-/m0/s1. The van der Waals surface area contributed by atoms with Crippen LogP contribution >= 0.6 is 0 Å². The van der Waals surface area contributed by atoms with E-state index >= 15 is 0 Å². The Kier molecular flexibility index (Phi) is 5.16. The highest BCUT2D eigenvalue weighted by Gasteiger charge is 2.31. The first-order valence-electron chi connectivity index (χ1n) is 8.69. The first-order chi connectivity index (χ1) is 12.1. The van der Waals surface area contributed by atoms with Crippen molar-refractivity contribution in [1.82, 2.24) is 19.4 Å². The molecule has 0 saturated carbocycles. The van der Waals surface area contributed by atoms with Crippen molar-refractivity contribution < 1.29 is 9.59 Å². The van der Waals surface area contributed by atoms with Gasteiger partial charge in [-0.15, -0.1) is 0 Å². The van der Waals surface area contributed by atoms with Crippen molar-refractivity contribution in [1.29, 1.82) is 0 Å². The topological polar surface area (TPSA) is 58.4 Å². The highest BCUT2D eigenvalue weighted by Crippen LogP contribution is 2.19. The first-order valence-corrected chi connectivity index (χ1v) is 8.69. The molecule has 0 bridgehead atoms. The Morgan fingerprint density at radius 2 is 2.04 bits per heavy atom. The summed E-state index contributed by atoms with van der Waals surface area (Å²) < 4.78 is 1.72. The molecule has 0 aliphatic carbocycles. The third-order valence-electron chi connectivity index (χ3n) is 4.78. The van der Waals surface area contributed by atoms with Crippen LogP contribution in [0, 0.1) is 0 Å². The number of hydrogen-bond donors (Lipinski definition) is 0. The van der Waals surface area contributed by atoms with E-state index in [1.807, 2.05) is 42.3 Å². The van der Waals surface area contributed by atoms with E-state index < -0.39 is 0 Å². The van der Waals surface area contributed by atoms with E-state index in [1.165, 1.54) is 0 Å². The molecule has 25 heavy (non-hydrogen) atoms. The van der Waals surface area contributed by atoms with Gasteiger partial charge in [0.1, 0.15) is 5.69 Å². The third-order valence-corrected chi connectivity index (χ3v) is 4.78. The lowest BCUT2D eigenvalue weighted by atomic mass is 10.1. The molecule has 1 fully saturated rings. The summed E-state index contributed by atoms with van der Waals surface area (Å²) in [5.41, 5.74) is 1.67. The van der Waals surface area contributed by atoms with Crippen molar-refractivity contribution in [3.05, 3.63) is 54.1 Å². The Labute approximate surface area is 148 Å². The molecule has 0 unspecified atom stereocenters. The predicted octanol–water partition coefficient (Wildman–Crippen LogP) is 2.07. The summed E-state index contributed by atoms with van der Waals surface area (Å²) in [6.07, 6.45) is 4.37. The maximum absolute atomic E-state index is 12.8. The zero-order valence-electron chi connectivity index (χ0n) is 14.8. The van der Waals surface area contributed by atoms with Crippen molar-refractivity contribution in [3.63, 3.8) is 0 Å². The smallest absolute Gasteiger partial charge is 0.272 e. The molecule has 1 aliphatic rings. The van der Waals surface area contributed by atoms with Crippen LogP contribution < -0.4 is 0 Å². The molecule has 6 nitrogen and oxygen atoms in total. The molecule has 3 rings (SSSR count). The highest BCUT2D eigenvalue weighted by molar-refractivity contribution is 5.93. The van der Waals surface area contributed by atoms with E-state index in [0.717, 1.165) is 12.0 Å². The minimum atomic E-state index is -0.0622. The summed E-state index contributed by atoms with van der Waals surface area (Å²) in [6.45, 7) is 3.66. The summed E-state index contributed by atoms with van der Waals surface area (Å²) in [4.78, 5) is 33.2. The Morgan fingerprint density at radius 1 is 1.28 bits per heavy atom. The molecular formula is C19H24N4O2. The molecule has 1 aliphatic heterocycles. The van der Waals surface area contributed by atoms with Crippen molar-refractivity contribution >= 4 is 11.8 Å². The van der Waals surface area contributed by atoms with Gasteiger partial charge in [0.15, 0.2) is 0 Å². The fraction of sp³-hybridized carbons (Fsp3) is 0.421. The van der Waals surface area contributed by atoms with Crippen LogP contribution in [0.3, 0.4) is 0 Å². The van der Waals surface area contributed by atoms with Gasteiger partial charge < -0.3 is 14.4 Å². The van der Waals surface area contributed by atoms with Gasteiger partial charge in [-0.25, -0.2) is 4.98 Å². The summed E-state index contributed by atoms with van der Waals surface area (Å²) >= 11 is 0. The average molecular weight is 340 g/mol. The molecule has 1 aromatic heterocycles. The number of benzene rings is 1. The van der Waals surface area contributed by atoms with Crippen molar-refractivity contribution in [2.75, 3.05) is 13.1 Å². The molecular weight excluding hydrogens is 316 g/mol. The second-order valence-electron chi connectivity index (χ2n) is 6.46.